The molecule has 0 fully saturated rings. The zero-order valence-corrected chi connectivity index (χ0v) is 23.1. The summed E-state index contributed by atoms with van der Waals surface area (Å²) in [5.74, 6) is 0.803. The number of hydrogen-bond acceptors (Lipinski definition) is 8. The highest BCUT2D eigenvalue weighted by Gasteiger charge is 2.17. The van der Waals surface area contributed by atoms with Crippen LogP contribution in [0.5, 0.6) is 23.0 Å². The molecule has 0 spiro atoms. The largest absolute Gasteiger partial charge is 0.507 e. The fraction of sp³-hybridized carbons (Fsp3) is 0.387. The Morgan fingerprint density at radius 2 is 1.56 bits per heavy atom. The Balaban J connectivity index is 1.69. The fourth-order valence-electron chi connectivity index (χ4n) is 3.95. The first-order valence-electron chi connectivity index (χ1n) is 13.4. The minimum Gasteiger partial charge on any atom is -0.507 e. The molecule has 1 N–H and O–H groups in total. The minimum absolute atomic E-state index is 0.0269. The third kappa shape index (κ3) is 8.21. The van der Waals surface area contributed by atoms with Gasteiger partial charge in [0.05, 0.1) is 30.2 Å². The Labute approximate surface area is 229 Å². The van der Waals surface area contributed by atoms with Gasteiger partial charge in [-0.15, -0.1) is 0 Å². The third-order valence-electron chi connectivity index (χ3n) is 5.95. The summed E-state index contributed by atoms with van der Waals surface area (Å²) in [5.41, 5.74) is 2.59. The van der Waals surface area contributed by atoms with Crippen molar-refractivity contribution < 1.29 is 33.6 Å². The molecule has 0 atom stereocenters. The number of hydrogen-bond donors (Lipinski definition) is 1. The number of pyridine rings is 1. The second kappa shape index (κ2) is 14.8. The van der Waals surface area contributed by atoms with E-state index in [1.165, 1.54) is 6.92 Å². The highest BCUT2D eigenvalue weighted by Crippen LogP contribution is 2.33. The first kappa shape index (κ1) is 29.5. The summed E-state index contributed by atoms with van der Waals surface area (Å²) in [5, 5.41) is 10.6. The molecule has 1 heterocycles. The first-order valence-corrected chi connectivity index (χ1v) is 13.4. The molecule has 0 amide bonds. The van der Waals surface area contributed by atoms with Gasteiger partial charge in [0.2, 0.25) is 0 Å². The number of benzene rings is 2. The van der Waals surface area contributed by atoms with Gasteiger partial charge in [0.25, 0.3) is 0 Å². The van der Waals surface area contributed by atoms with E-state index < -0.39 is 5.97 Å². The van der Waals surface area contributed by atoms with Crippen LogP contribution < -0.4 is 14.2 Å². The highest BCUT2D eigenvalue weighted by atomic mass is 16.5. The Kier molecular flexibility index (Phi) is 11.2. The van der Waals surface area contributed by atoms with Crippen LogP contribution in [0.2, 0.25) is 0 Å². The van der Waals surface area contributed by atoms with E-state index in [1.807, 2.05) is 25.1 Å². The molecule has 0 aliphatic rings. The minimum atomic E-state index is -0.462. The van der Waals surface area contributed by atoms with Crippen molar-refractivity contribution in [1.82, 2.24) is 4.98 Å². The van der Waals surface area contributed by atoms with Crippen LogP contribution in [0.3, 0.4) is 0 Å². The Morgan fingerprint density at radius 1 is 0.846 bits per heavy atom. The van der Waals surface area contributed by atoms with E-state index in [2.05, 4.69) is 11.9 Å². The highest BCUT2D eigenvalue weighted by molar-refractivity contribution is 5.97. The van der Waals surface area contributed by atoms with Crippen LogP contribution in [0.1, 0.15) is 84.6 Å². The zero-order chi connectivity index (χ0) is 28.2. The van der Waals surface area contributed by atoms with Gasteiger partial charge in [-0.05, 0) is 69.2 Å². The van der Waals surface area contributed by atoms with Gasteiger partial charge in [0.1, 0.15) is 41.8 Å². The molecule has 0 radical (unpaired) electrons. The van der Waals surface area contributed by atoms with Crippen molar-refractivity contribution >= 4 is 11.8 Å². The summed E-state index contributed by atoms with van der Waals surface area (Å²) in [4.78, 5) is 28.9. The molecule has 0 unspecified atom stereocenters. The molecule has 8 nitrogen and oxygen atoms in total. The van der Waals surface area contributed by atoms with E-state index in [0.29, 0.717) is 52.8 Å². The summed E-state index contributed by atoms with van der Waals surface area (Å²) in [6, 6.07) is 13.9. The molecule has 0 aliphatic heterocycles. The fourth-order valence-corrected chi connectivity index (χ4v) is 3.95. The molecular formula is C31H37NO7. The molecule has 0 saturated carbocycles. The lowest BCUT2D eigenvalue weighted by atomic mass is 10.0. The SMILES string of the molecule is CCCCOc1ccc(OCc2cccc(COc3ccc(C(C)=O)c(O)c3CCC)n2)cc1C(=O)OCC. The van der Waals surface area contributed by atoms with E-state index in [1.54, 1.807) is 37.3 Å². The number of Topliss-reactive ketones (excluding diaryl/α,β-unsaturated/α-hetero) is 1. The average molecular weight is 536 g/mol. The summed E-state index contributed by atoms with van der Waals surface area (Å²) < 4.78 is 22.9. The first-order chi connectivity index (χ1) is 18.9. The van der Waals surface area contributed by atoms with Gasteiger partial charge >= 0.3 is 5.97 Å². The summed E-state index contributed by atoms with van der Waals surface area (Å²) >= 11 is 0. The van der Waals surface area contributed by atoms with Gasteiger partial charge in [-0.1, -0.05) is 32.8 Å². The maximum Gasteiger partial charge on any atom is 0.342 e. The predicted octanol–water partition coefficient (Wildman–Crippen LogP) is 6.46. The van der Waals surface area contributed by atoms with E-state index in [-0.39, 0.29) is 36.9 Å². The van der Waals surface area contributed by atoms with Crippen molar-refractivity contribution in [2.75, 3.05) is 13.2 Å². The lowest BCUT2D eigenvalue weighted by Crippen LogP contribution is -2.09. The van der Waals surface area contributed by atoms with Crippen LogP contribution in [0.15, 0.2) is 48.5 Å². The number of carbonyl (C=O) groups excluding carboxylic acids is 2. The number of aromatic hydroxyl groups is 1. The number of rotatable bonds is 15. The second-order valence-electron chi connectivity index (χ2n) is 9.02. The average Bonchev–Trinajstić information content (AvgIpc) is 2.93. The third-order valence-corrected chi connectivity index (χ3v) is 5.95. The molecule has 8 heteroatoms. The number of ether oxygens (including phenoxy) is 4. The van der Waals surface area contributed by atoms with Crippen LogP contribution in [-0.2, 0) is 24.4 Å². The van der Waals surface area contributed by atoms with Gasteiger partial charge in [0.15, 0.2) is 5.78 Å². The van der Waals surface area contributed by atoms with Gasteiger partial charge in [-0.3, -0.25) is 9.78 Å². The van der Waals surface area contributed by atoms with Crippen molar-refractivity contribution in [2.45, 2.75) is 66.6 Å². The van der Waals surface area contributed by atoms with Gasteiger partial charge in [-0.2, -0.15) is 0 Å². The number of carbonyl (C=O) groups is 2. The van der Waals surface area contributed by atoms with Crippen LogP contribution in [0.4, 0.5) is 0 Å². The monoisotopic (exact) mass is 535 g/mol. The second-order valence-corrected chi connectivity index (χ2v) is 9.02. The smallest absolute Gasteiger partial charge is 0.342 e. The number of ketones is 1. The lowest BCUT2D eigenvalue weighted by Gasteiger charge is -2.15. The zero-order valence-electron chi connectivity index (χ0n) is 23.1. The summed E-state index contributed by atoms with van der Waals surface area (Å²) in [6.07, 6.45) is 3.25. The number of phenolic OH excluding ortho intramolecular Hbond substituents is 1. The maximum atomic E-state index is 12.5. The summed E-state index contributed by atoms with van der Waals surface area (Å²) in [6.45, 7) is 8.39. The van der Waals surface area contributed by atoms with Crippen LogP contribution in [-0.4, -0.2) is 35.1 Å². The number of unbranched alkanes of at least 4 members (excludes halogenated alkanes) is 1. The van der Waals surface area contributed by atoms with E-state index in [4.69, 9.17) is 18.9 Å². The topological polar surface area (TPSA) is 104 Å². The van der Waals surface area contributed by atoms with Crippen LogP contribution in [0.25, 0.3) is 0 Å². The van der Waals surface area contributed by atoms with Crippen LogP contribution in [0, 0.1) is 0 Å². The van der Waals surface area contributed by atoms with E-state index in [0.717, 1.165) is 19.3 Å². The van der Waals surface area contributed by atoms with Crippen molar-refractivity contribution in [3.63, 3.8) is 0 Å². The maximum absolute atomic E-state index is 12.5. The predicted molar refractivity (Wildman–Crippen MR) is 148 cm³/mol. The number of nitrogens with zero attached hydrogens (tertiary/aromatic N) is 1. The van der Waals surface area contributed by atoms with E-state index >= 15 is 0 Å². The molecular weight excluding hydrogens is 498 g/mol. The molecule has 1 aromatic heterocycles. The van der Waals surface area contributed by atoms with Crippen molar-refractivity contribution in [3.05, 3.63) is 76.6 Å². The number of aromatic nitrogens is 1. The number of phenols is 1. The van der Waals surface area contributed by atoms with Crippen molar-refractivity contribution in [2.24, 2.45) is 0 Å². The quantitative estimate of drug-likeness (QED) is 0.134. The molecule has 0 saturated heterocycles. The molecule has 2 aromatic carbocycles. The molecule has 3 rings (SSSR count). The molecule has 0 aliphatic carbocycles. The van der Waals surface area contributed by atoms with E-state index in [9.17, 15) is 14.7 Å². The Hall–Kier alpha value is -4.07. The Bertz CT molecular complexity index is 1270. The van der Waals surface area contributed by atoms with Gasteiger partial charge in [0, 0.05) is 5.56 Å². The Morgan fingerprint density at radius 3 is 2.23 bits per heavy atom. The molecule has 39 heavy (non-hydrogen) atoms. The van der Waals surface area contributed by atoms with Crippen molar-refractivity contribution in [3.8, 4) is 23.0 Å². The standard InChI is InChI=1S/C31H37NO7/c1-5-8-17-37-29-15-13-24(18-27(29)31(35)36-7-3)38-19-22-11-9-12-23(32-22)20-39-28-16-14-25(21(4)33)30(34)26(28)10-6-2/h9,11-16,18,34H,5-8,10,17,19-20H2,1-4H3. The normalized spacial score (nSPS) is 10.7. The summed E-state index contributed by atoms with van der Waals surface area (Å²) in [7, 11) is 0. The number of esters is 1. The molecule has 0 bridgehead atoms. The molecule has 3 aromatic rings. The molecule has 208 valence electrons. The lowest BCUT2D eigenvalue weighted by molar-refractivity contribution is 0.0521. The van der Waals surface area contributed by atoms with Gasteiger partial charge < -0.3 is 24.1 Å². The van der Waals surface area contributed by atoms with Gasteiger partial charge in [-0.25, -0.2) is 4.79 Å². The van der Waals surface area contributed by atoms with Crippen LogP contribution >= 0.6 is 0 Å². The van der Waals surface area contributed by atoms with Crippen molar-refractivity contribution in [1.29, 1.82) is 0 Å².